The number of fused-ring (bicyclic) bond motifs is 8. The predicted molar refractivity (Wildman–Crippen MR) is 190 cm³/mol. The van der Waals surface area contributed by atoms with Crippen LogP contribution >= 0.6 is 0 Å². The minimum atomic E-state index is -0.0636. The number of rotatable bonds is 4. The normalized spacial score (nSPS) is 13.6. The van der Waals surface area contributed by atoms with Gasteiger partial charge in [0.05, 0.1) is 5.69 Å². The zero-order valence-corrected chi connectivity index (χ0v) is 25.6. The molecule has 45 heavy (non-hydrogen) atoms. The van der Waals surface area contributed by atoms with Gasteiger partial charge < -0.3 is 4.90 Å². The van der Waals surface area contributed by atoms with Crippen molar-refractivity contribution < 1.29 is 0 Å². The van der Waals surface area contributed by atoms with Gasteiger partial charge in [-0.2, -0.15) is 0 Å². The highest BCUT2D eigenvalue weighted by atomic mass is 15.1. The average molecular weight is 576 g/mol. The molecule has 0 aliphatic heterocycles. The Morgan fingerprint density at radius 2 is 1.16 bits per heavy atom. The van der Waals surface area contributed by atoms with Gasteiger partial charge in [0.1, 0.15) is 0 Å². The fraction of sp³-hybridized carbons (Fsp3) is 0.0909. The van der Waals surface area contributed by atoms with Crippen molar-refractivity contribution in [3.63, 3.8) is 0 Å². The summed E-state index contributed by atoms with van der Waals surface area (Å²) in [6.07, 6.45) is 0.900. The molecule has 0 heterocycles. The standard InChI is InChI=1S/C44H33N/c1-44(2)40-22-12-11-19-34(40)35-25-24-32(28-41(35)44)45(31-16-7-4-8-17-31)42-23-13-21-37-39(42)27-30-26-38(29-14-5-3-6-15-29)33-18-9-10-20-36(33)43(30)37/h3-26,28H,27H2,1-2H3. The van der Waals surface area contributed by atoms with Crippen molar-refractivity contribution in [2.24, 2.45) is 0 Å². The second kappa shape index (κ2) is 9.81. The molecule has 2 aliphatic carbocycles. The molecule has 0 spiro atoms. The Morgan fingerprint density at radius 3 is 1.98 bits per heavy atom. The lowest BCUT2D eigenvalue weighted by atomic mass is 9.82. The molecule has 7 aromatic rings. The lowest BCUT2D eigenvalue weighted by molar-refractivity contribution is 0.660. The molecule has 0 fully saturated rings. The molecule has 1 heteroatoms. The van der Waals surface area contributed by atoms with Crippen LogP contribution in [0.4, 0.5) is 17.1 Å². The topological polar surface area (TPSA) is 3.24 Å². The van der Waals surface area contributed by atoms with Gasteiger partial charge in [-0.15, -0.1) is 0 Å². The molecule has 1 nitrogen and oxygen atoms in total. The van der Waals surface area contributed by atoms with Crippen LogP contribution in [0.1, 0.15) is 36.1 Å². The van der Waals surface area contributed by atoms with E-state index in [1.165, 1.54) is 83.5 Å². The summed E-state index contributed by atoms with van der Waals surface area (Å²) >= 11 is 0. The van der Waals surface area contributed by atoms with E-state index in [9.17, 15) is 0 Å². The summed E-state index contributed by atoms with van der Waals surface area (Å²) in [5, 5.41) is 2.63. The van der Waals surface area contributed by atoms with Crippen molar-refractivity contribution in [1.82, 2.24) is 0 Å². The van der Waals surface area contributed by atoms with E-state index >= 15 is 0 Å². The molecule has 0 saturated carbocycles. The minimum absolute atomic E-state index is 0.0636. The van der Waals surface area contributed by atoms with E-state index in [0.717, 1.165) is 6.42 Å². The van der Waals surface area contributed by atoms with Gasteiger partial charge in [-0.1, -0.05) is 129 Å². The van der Waals surface area contributed by atoms with Crippen LogP contribution in [0.2, 0.25) is 0 Å². The van der Waals surface area contributed by atoms with E-state index in [1.807, 2.05) is 0 Å². The molecule has 0 aromatic heterocycles. The van der Waals surface area contributed by atoms with Gasteiger partial charge in [0.2, 0.25) is 0 Å². The molecule has 0 radical (unpaired) electrons. The molecule has 0 bridgehead atoms. The van der Waals surface area contributed by atoms with Crippen LogP contribution < -0.4 is 4.90 Å². The van der Waals surface area contributed by atoms with Gasteiger partial charge in [-0.3, -0.25) is 0 Å². The first kappa shape index (κ1) is 26.0. The highest BCUT2D eigenvalue weighted by Crippen LogP contribution is 2.53. The van der Waals surface area contributed by atoms with Gasteiger partial charge >= 0.3 is 0 Å². The lowest BCUT2D eigenvalue weighted by Gasteiger charge is -2.29. The Morgan fingerprint density at radius 1 is 0.489 bits per heavy atom. The van der Waals surface area contributed by atoms with Gasteiger partial charge in [0.25, 0.3) is 0 Å². The summed E-state index contributed by atoms with van der Waals surface area (Å²) < 4.78 is 0. The summed E-state index contributed by atoms with van der Waals surface area (Å²) in [5.41, 5.74) is 17.1. The molecule has 0 N–H and O–H groups in total. The van der Waals surface area contributed by atoms with Crippen LogP contribution in [0.15, 0.2) is 152 Å². The van der Waals surface area contributed by atoms with Crippen molar-refractivity contribution >= 4 is 27.8 Å². The highest BCUT2D eigenvalue weighted by molar-refractivity contribution is 6.09. The third kappa shape index (κ3) is 3.87. The molecule has 7 aromatic carbocycles. The molecule has 0 unspecified atom stereocenters. The first-order chi connectivity index (χ1) is 22.1. The highest BCUT2D eigenvalue weighted by Gasteiger charge is 2.36. The maximum atomic E-state index is 2.48. The Labute approximate surface area is 265 Å². The monoisotopic (exact) mass is 575 g/mol. The number of para-hydroxylation sites is 1. The summed E-state index contributed by atoms with van der Waals surface area (Å²) in [6.45, 7) is 4.72. The van der Waals surface area contributed by atoms with E-state index in [2.05, 4.69) is 170 Å². The second-order valence-corrected chi connectivity index (χ2v) is 12.9. The van der Waals surface area contributed by atoms with Crippen LogP contribution in [0.5, 0.6) is 0 Å². The van der Waals surface area contributed by atoms with E-state index < -0.39 is 0 Å². The second-order valence-electron chi connectivity index (χ2n) is 12.9. The SMILES string of the molecule is CC1(C)c2ccccc2-c2ccc(N(c3ccccc3)c3cccc4c3Cc3cc(-c5ccccc5)c5ccccc5c3-4)cc21. The fourth-order valence-electron chi connectivity index (χ4n) is 7.98. The van der Waals surface area contributed by atoms with Gasteiger partial charge in [0, 0.05) is 23.2 Å². The maximum absolute atomic E-state index is 2.48. The van der Waals surface area contributed by atoms with Gasteiger partial charge in [-0.05, 0) is 103 Å². The quantitative estimate of drug-likeness (QED) is 0.202. The van der Waals surface area contributed by atoms with Crippen LogP contribution in [0.3, 0.4) is 0 Å². The molecule has 2 aliphatic rings. The molecule has 0 atom stereocenters. The average Bonchev–Trinajstić information content (AvgIpc) is 3.58. The number of anilines is 3. The van der Waals surface area contributed by atoms with Crippen molar-refractivity contribution in [2.45, 2.75) is 25.7 Å². The van der Waals surface area contributed by atoms with E-state index in [-0.39, 0.29) is 5.41 Å². The van der Waals surface area contributed by atoms with Crippen molar-refractivity contribution in [2.75, 3.05) is 4.90 Å². The van der Waals surface area contributed by atoms with E-state index in [4.69, 9.17) is 0 Å². The predicted octanol–water partition coefficient (Wildman–Crippen LogP) is 11.9. The van der Waals surface area contributed by atoms with Crippen molar-refractivity contribution in [1.29, 1.82) is 0 Å². The van der Waals surface area contributed by atoms with Crippen LogP contribution in [0, 0.1) is 0 Å². The summed E-state index contributed by atoms with van der Waals surface area (Å²) in [5.74, 6) is 0. The Kier molecular flexibility index (Phi) is 5.67. The van der Waals surface area contributed by atoms with Crippen LogP contribution in [-0.4, -0.2) is 0 Å². The van der Waals surface area contributed by atoms with E-state index in [1.54, 1.807) is 0 Å². The molecule has 0 saturated heterocycles. The van der Waals surface area contributed by atoms with E-state index in [0.29, 0.717) is 0 Å². The maximum Gasteiger partial charge on any atom is 0.0503 e. The Bertz CT molecular complexity index is 2260. The lowest BCUT2D eigenvalue weighted by Crippen LogP contribution is -2.17. The smallest absolute Gasteiger partial charge is 0.0503 e. The van der Waals surface area contributed by atoms with Crippen molar-refractivity contribution in [3.8, 4) is 33.4 Å². The Hall–Kier alpha value is -5.40. The zero-order valence-electron chi connectivity index (χ0n) is 25.6. The van der Waals surface area contributed by atoms with Crippen molar-refractivity contribution in [3.05, 3.63) is 174 Å². The summed E-state index contributed by atoms with van der Waals surface area (Å²) in [6, 6.07) is 55.9. The van der Waals surface area contributed by atoms with Crippen LogP contribution in [0.25, 0.3) is 44.2 Å². The van der Waals surface area contributed by atoms with Crippen LogP contribution in [-0.2, 0) is 11.8 Å². The van der Waals surface area contributed by atoms with Gasteiger partial charge in [-0.25, -0.2) is 0 Å². The van der Waals surface area contributed by atoms with Gasteiger partial charge in [0.15, 0.2) is 0 Å². The fourth-order valence-corrected chi connectivity index (χ4v) is 7.98. The molecule has 9 rings (SSSR count). The number of hydrogen-bond donors (Lipinski definition) is 0. The summed E-state index contributed by atoms with van der Waals surface area (Å²) in [4.78, 5) is 2.48. The molecular weight excluding hydrogens is 542 g/mol. The third-order valence-corrected chi connectivity index (χ3v) is 10.1. The first-order valence-electron chi connectivity index (χ1n) is 15.9. The summed E-state index contributed by atoms with van der Waals surface area (Å²) in [7, 11) is 0. The molecule has 0 amide bonds. The number of hydrogen-bond acceptors (Lipinski definition) is 1. The first-order valence-corrected chi connectivity index (χ1v) is 15.9. The third-order valence-electron chi connectivity index (χ3n) is 10.1. The number of benzene rings is 7. The minimum Gasteiger partial charge on any atom is -0.310 e. The molecular formula is C44H33N. The zero-order chi connectivity index (χ0) is 30.1. The molecule has 214 valence electrons. The number of nitrogens with zero attached hydrogens (tertiary/aromatic N) is 1. The largest absolute Gasteiger partial charge is 0.310 e. The Balaban J connectivity index is 1.25.